The van der Waals surface area contributed by atoms with Crippen LogP contribution in [0.15, 0.2) is 46.9 Å². The van der Waals surface area contributed by atoms with Crippen LogP contribution in [0.2, 0.25) is 0 Å². The van der Waals surface area contributed by atoms with Gasteiger partial charge in [-0.05, 0) is 49.6 Å². The molecule has 28 heavy (non-hydrogen) atoms. The van der Waals surface area contributed by atoms with Crippen molar-refractivity contribution in [3.63, 3.8) is 0 Å². The lowest BCUT2D eigenvalue weighted by Crippen LogP contribution is -2.49. The predicted molar refractivity (Wildman–Crippen MR) is 114 cm³/mol. The quantitative estimate of drug-likeness (QED) is 0.666. The number of rotatable bonds is 8. The number of hydrogen-bond acceptors (Lipinski definition) is 3. The van der Waals surface area contributed by atoms with E-state index in [1.807, 2.05) is 63.2 Å². The van der Waals surface area contributed by atoms with Gasteiger partial charge in [-0.15, -0.1) is 0 Å². The molecule has 1 N–H and O–H groups in total. The van der Waals surface area contributed by atoms with Gasteiger partial charge < -0.3 is 15.0 Å². The number of aryl methyl sites for hydroxylation is 2. The van der Waals surface area contributed by atoms with Crippen molar-refractivity contribution in [2.75, 3.05) is 13.7 Å². The van der Waals surface area contributed by atoms with Crippen LogP contribution in [0.1, 0.15) is 30.0 Å². The highest BCUT2D eigenvalue weighted by molar-refractivity contribution is 9.10. The van der Waals surface area contributed by atoms with Gasteiger partial charge >= 0.3 is 0 Å². The number of benzene rings is 2. The molecule has 0 aliphatic heterocycles. The monoisotopic (exact) mass is 446 g/mol. The summed E-state index contributed by atoms with van der Waals surface area (Å²) in [5, 5.41) is 2.66. The third kappa shape index (κ3) is 5.83. The highest BCUT2D eigenvalue weighted by atomic mass is 79.9. The van der Waals surface area contributed by atoms with Crippen LogP contribution < -0.4 is 10.1 Å². The average Bonchev–Trinajstić information content (AvgIpc) is 2.68. The Bertz CT molecular complexity index is 838. The zero-order chi connectivity index (χ0) is 20.7. The topological polar surface area (TPSA) is 58.6 Å². The van der Waals surface area contributed by atoms with Crippen molar-refractivity contribution < 1.29 is 14.3 Å². The van der Waals surface area contributed by atoms with Gasteiger partial charge in [0.1, 0.15) is 11.8 Å². The fourth-order valence-corrected chi connectivity index (χ4v) is 3.27. The highest BCUT2D eigenvalue weighted by Crippen LogP contribution is 2.22. The van der Waals surface area contributed by atoms with E-state index in [2.05, 4.69) is 21.2 Å². The maximum absolute atomic E-state index is 13.0. The van der Waals surface area contributed by atoms with E-state index in [1.165, 1.54) is 0 Å². The van der Waals surface area contributed by atoms with Crippen molar-refractivity contribution in [2.45, 2.75) is 39.8 Å². The summed E-state index contributed by atoms with van der Waals surface area (Å²) < 4.78 is 6.69. The molecule has 6 heteroatoms. The van der Waals surface area contributed by atoms with Crippen molar-refractivity contribution in [1.29, 1.82) is 0 Å². The number of amides is 2. The van der Waals surface area contributed by atoms with E-state index >= 15 is 0 Å². The maximum atomic E-state index is 13.0. The number of halogens is 1. The van der Waals surface area contributed by atoms with Crippen molar-refractivity contribution in [3.05, 3.63) is 63.6 Å². The van der Waals surface area contributed by atoms with Gasteiger partial charge in [-0.25, -0.2) is 0 Å². The Balaban J connectivity index is 2.19. The van der Waals surface area contributed by atoms with Crippen molar-refractivity contribution in [1.82, 2.24) is 10.2 Å². The van der Waals surface area contributed by atoms with Crippen LogP contribution in [-0.4, -0.2) is 36.4 Å². The SMILES string of the molecule is CCC(C(=O)NC)N(Cc1cccc(C)c1)C(=O)COc1ccc(Br)c(C)c1. The Morgan fingerprint density at radius 1 is 1.18 bits per heavy atom. The molecule has 2 rings (SSSR count). The van der Waals surface area contributed by atoms with Crippen LogP contribution in [-0.2, 0) is 16.1 Å². The lowest BCUT2D eigenvalue weighted by atomic mass is 10.1. The zero-order valence-electron chi connectivity index (χ0n) is 16.8. The number of nitrogens with zero attached hydrogens (tertiary/aromatic N) is 1. The fraction of sp³-hybridized carbons (Fsp3) is 0.364. The molecule has 0 heterocycles. The summed E-state index contributed by atoms with van der Waals surface area (Å²) >= 11 is 3.45. The van der Waals surface area contributed by atoms with E-state index in [0.717, 1.165) is 21.2 Å². The molecular weight excluding hydrogens is 420 g/mol. The molecule has 2 amide bonds. The summed E-state index contributed by atoms with van der Waals surface area (Å²) in [5.41, 5.74) is 3.12. The third-order valence-electron chi connectivity index (χ3n) is 4.56. The van der Waals surface area contributed by atoms with Gasteiger partial charge in [-0.2, -0.15) is 0 Å². The lowest BCUT2D eigenvalue weighted by Gasteiger charge is -2.30. The molecule has 0 radical (unpaired) electrons. The standard InChI is InChI=1S/C22H27BrN2O3/c1-5-20(22(27)24-4)25(13-17-8-6-7-15(2)11-17)21(26)14-28-18-9-10-19(23)16(3)12-18/h6-12,20H,5,13-14H2,1-4H3,(H,24,27). The first-order valence-electron chi connectivity index (χ1n) is 9.31. The van der Waals surface area contributed by atoms with E-state index in [9.17, 15) is 9.59 Å². The number of carbonyl (C=O) groups excluding carboxylic acids is 2. The normalized spacial score (nSPS) is 11.6. The van der Waals surface area contributed by atoms with Gasteiger partial charge in [-0.3, -0.25) is 9.59 Å². The summed E-state index contributed by atoms with van der Waals surface area (Å²) in [6, 6.07) is 13.0. The van der Waals surface area contributed by atoms with E-state index in [4.69, 9.17) is 4.74 Å². The minimum absolute atomic E-state index is 0.125. The van der Waals surface area contributed by atoms with Crippen LogP contribution in [0.5, 0.6) is 5.75 Å². The average molecular weight is 447 g/mol. The Morgan fingerprint density at radius 3 is 2.54 bits per heavy atom. The summed E-state index contributed by atoms with van der Waals surface area (Å²) in [4.78, 5) is 26.9. The smallest absolute Gasteiger partial charge is 0.261 e. The first-order chi connectivity index (χ1) is 13.3. The van der Waals surface area contributed by atoms with Gasteiger partial charge in [0, 0.05) is 18.1 Å². The molecule has 5 nitrogen and oxygen atoms in total. The van der Waals surface area contributed by atoms with Crippen LogP contribution in [0.3, 0.4) is 0 Å². The van der Waals surface area contributed by atoms with Crippen LogP contribution in [0.25, 0.3) is 0 Å². The summed E-state index contributed by atoms with van der Waals surface area (Å²) in [6.07, 6.45) is 0.522. The number of likely N-dealkylation sites (N-methyl/N-ethyl adjacent to an activating group) is 1. The second-order valence-corrected chi connectivity index (χ2v) is 7.60. The molecule has 0 fully saturated rings. The summed E-state index contributed by atoms with van der Waals surface area (Å²) in [7, 11) is 1.58. The maximum Gasteiger partial charge on any atom is 0.261 e. The molecule has 0 aliphatic rings. The second kappa shape index (κ2) is 10.3. The minimum Gasteiger partial charge on any atom is -0.484 e. The molecule has 1 atom stereocenters. The number of ether oxygens (including phenoxy) is 1. The Kier molecular flexibility index (Phi) is 8.05. The first-order valence-corrected chi connectivity index (χ1v) is 10.1. The Hall–Kier alpha value is -2.34. The van der Waals surface area contributed by atoms with E-state index < -0.39 is 6.04 Å². The van der Waals surface area contributed by atoms with Gasteiger partial charge in [0.15, 0.2) is 6.61 Å². The van der Waals surface area contributed by atoms with Crippen LogP contribution in [0.4, 0.5) is 0 Å². The van der Waals surface area contributed by atoms with Crippen LogP contribution in [0, 0.1) is 13.8 Å². The molecule has 0 bridgehead atoms. The zero-order valence-corrected chi connectivity index (χ0v) is 18.4. The fourth-order valence-electron chi connectivity index (χ4n) is 3.03. The molecule has 1 unspecified atom stereocenters. The predicted octanol–water partition coefficient (Wildman–Crippen LogP) is 4.00. The number of hydrogen-bond donors (Lipinski definition) is 1. The largest absolute Gasteiger partial charge is 0.484 e. The highest BCUT2D eigenvalue weighted by Gasteiger charge is 2.28. The molecule has 0 spiro atoms. The number of nitrogens with one attached hydrogen (secondary N) is 1. The molecule has 2 aromatic rings. The van der Waals surface area contributed by atoms with Crippen molar-refractivity contribution in [3.8, 4) is 5.75 Å². The summed E-state index contributed by atoms with van der Waals surface area (Å²) in [5.74, 6) is 0.220. The van der Waals surface area contributed by atoms with Crippen molar-refractivity contribution in [2.24, 2.45) is 0 Å². The Morgan fingerprint density at radius 2 is 1.93 bits per heavy atom. The molecule has 150 valence electrons. The number of carbonyl (C=O) groups is 2. The summed E-state index contributed by atoms with van der Waals surface area (Å²) in [6.45, 7) is 6.09. The van der Waals surface area contributed by atoms with Gasteiger partial charge in [0.2, 0.25) is 5.91 Å². The van der Waals surface area contributed by atoms with E-state index in [1.54, 1.807) is 11.9 Å². The second-order valence-electron chi connectivity index (χ2n) is 6.75. The molecule has 0 saturated carbocycles. The van der Waals surface area contributed by atoms with Gasteiger partial charge in [0.25, 0.3) is 5.91 Å². The van der Waals surface area contributed by atoms with Crippen LogP contribution >= 0.6 is 15.9 Å². The van der Waals surface area contributed by atoms with Crippen molar-refractivity contribution >= 4 is 27.7 Å². The van der Waals surface area contributed by atoms with E-state index in [0.29, 0.717) is 18.7 Å². The molecule has 0 saturated heterocycles. The molecular formula is C22H27BrN2O3. The first kappa shape index (κ1) is 22.0. The molecule has 0 aliphatic carbocycles. The lowest BCUT2D eigenvalue weighted by molar-refractivity contribution is -0.142. The van der Waals surface area contributed by atoms with E-state index in [-0.39, 0.29) is 18.4 Å². The van der Waals surface area contributed by atoms with Gasteiger partial charge in [-0.1, -0.05) is 52.7 Å². The minimum atomic E-state index is -0.548. The third-order valence-corrected chi connectivity index (χ3v) is 5.45. The molecule has 0 aromatic heterocycles. The Labute approximate surface area is 175 Å². The molecule has 2 aromatic carbocycles. The van der Waals surface area contributed by atoms with Gasteiger partial charge in [0.05, 0.1) is 0 Å².